The first kappa shape index (κ1) is 15.8. The summed E-state index contributed by atoms with van der Waals surface area (Å²) in [7, 11) is 0. The van der Waals surface area contributed by atoms with Gasteiger partial charge in [-0.3, -0.25) is 4.79 Å². The van der Waals surface area contributed by atoms with Gasteiger partial charge >= 0.3 is 0 Å². The molecule has 3 nitrogen and oxygen atoms in total. The van der Waals surface area contributed by atoms with Gasteiger partial charge in [0.25, 0.3) is 0 Å². The number of nitrogens with zero attached hydrogens (tertiary/aromatic N) is 1. The quantitative estimate of drug-likeness (QED) is 0.927. The van der Waals surface area contributed by atoms with E-state index in [1.165, 1.54) is 6.07 Å². The Labute approximate surface area is 135 Å². The van der Waals surface area contributed by atoms with Gasteiger partial charge in [0.05, 0.1) is 6.10 Å². The third-order valence-corrected chi connectivity index (χ3v) is 5.32. The van der Waals surface area contributed by atoms with Crippen molar-refractivity contribution in [2.75, 3.05) is 6.54 Å². The Morgan fingerprint density at radius 1 is 1.23 bits per heavy atom. The summed E-state index contributed by atoms with van der Waals surface area (Å²) in [6.07, 6.45) is 4.15. The van der Waals surface area contributed by atoms with Crippen LogP contribution in [0.4, 0.5) is 4.39 Å². The molecule has 1 unspecified atom stereocenters. The monoisotopic (exact) mass is 325 g/mol. The van der Waals surface area contributed by atoms with Crippen LogP contribution in [0.3, 0.4) is 0 Å². The minimum absolute atomic E-state index is 0.112. The van der Waals surface area contributed by atoms with Crippen molar-refractivity contribution < 1.29 is 14.3 Å². The zero-order valence-corrected chi connectivity index (χ0v) is 13.2. The van der Waals surface area contributed by atoms with E-state index in [4.69, 9.17) is 11.6 Å². The van der Waals surface area contributed by atoms with Gasteiger partial charge in [-0.2, -0.15) is 0 Å². The van der Waals surface area contributed by atoms with Crippen LogP contribution in [0.5, 0.6) is 0 Å². The summed E-state index contributed by atoms with van der Waals surface area (Å²) >= 11 is 6.06. The Morgan fingerprint density at radius 3 is 2.64 bits per heavy atom. The van der Waals surface area contributed by atoms with Crippen LogP contribution in [0.2, 0.25) is 5.02 Å². The van der Waals surface area contributed by atoms with Crippen molar-refractivity contribution in [3.8, 4) is 0 Å². The van der Waals surface area contributed by atoms with E-state index in [-0.39, 0.29) is 29.8 Å². The SMILES string of the molecule is O=C1C(Cc2c(F)cccc2Cl)CCN1C1CCC(O)CC1. The highest BCUT2D eigenvalue weighted by Crippen LogP contribution is 2.32. The Balaban J connectivity index is 1.66. The summed E-state index contributed by atoms with van der Waals surface area (Å²) < 4.78 is 13.9. The number of hydrogen-bond donors (Lipinski definition) is 1. The van der Waals surface area contributed by atoms with E-state index >= 15 is 0 Å². The first-order valence-corrected chi connectivity index (χ1v) is 8.35. The van der Waals surface area contributed by atoms with Crippen LogP contribution in [0, 0.1) is 11.7 Å². The van der Waals surface area contributed by atoms with Gasteiger partial charge in [0, 0.05) is 29.1 Å². The van der Waals surface area contributed by atoms with Crippen LogP contribution in [0.1, 0.15) is 37.7 Å². The molecule has 120 valence electrons. The standard InChI is InChI=1S/C17H21ClFNO2/c18-15-2-1-3-16(19)14(15)10-11-8-9-20(17(11)22)12-4-6-13(21)7-5-12/h1-3,11-13,21H,4-10H2. The molecule has 5 heteroatoms. The Bertz CT molecular complexity index is 537. The van der Waals surface area contributed by atoms with Gasteiger partial charge in [-0.15, -0.1) is 0 Å². The molecule has 1 saturated carbocycles. The summed E-state index contributed by atoms with van der Waals surface area (Å²) in [6, 6.07) is 4.87. The van der Waals surface area contributed by atoms with Gasteiger partial charge in [-0.05, 0) is 50.7 Å². The predicted molar refractivity (Wildman–Crippen MR) is 83.2 cm³/mol. The normalized spacial score (nSPS) is 29.1. The third kappa shape index (κ3) is 3.13. The molecule has 1 aromatic rings. The fourth-order valence-corrected chi connectivity index (χ4v) is 3.90. The number of benzene rings is 1. The lowest BCUT2D eigenvalue weighted by Crippen LogP contribution is -2.41. The van der Waals surface area contributed by atoms with Crippen molar-refractivity contribution in [2.24, 2.45) is 5.92 Å². The summed E-state index contributed by atoms with van der Waals surface area (Å²) in [5.74, 6) is -0.401. The molecule has 0 bridgehead atoms. The number of hydrogen-bond acceptors (Lipinski definition) is 2. The van der Waals surface area contributed by atoms with Crippen LogP contribution in [0.25, 0.3) is 0 Å². The second kappa shape index (κ2) is 6.55. The number of aliphatic hydroxyl groups excluding tert-OH is 1. The molecule has 1 atom stereocenters. The van der Waals surface area contributed by atoms with Crippen molar-refractivity contribution >= 4 is 17.5 Å². The minimum atomic E-state index is -0.334. The smallest absolute Gasteiger partial charge is 0.226 e. The highest BCUT2D eigenvalue weighted by molar-refractivity contribution is 6.31. The molecular weight excluding hydrogens is 305 g/mol. The van der Waals surface area contributed by atoms with Gasteiger partial charge in [-0.25, -0.2) is 4.39 Å². The fourth-order valence-electron chi connectivity index (χ4n) is 3.66. The van der Waals surface area contributed by atoms with Crippen molar-refractivity contribution in [3.63, 3.8) is 0 Å². The molecule has 0 radical (unpaired) electrons. The second-order valence-electron chi connectivity index (χ2n) is 6.38. The molecule has 0 aromatic heterocycles. The Kier molecular flexibility index (Phi) is 4.69. The van der Waals surface area contributed by atoms with E-state index in [9.17, 15) is 14.3 Å². The Morgan fingerprint density at radius 2 is 1.95 bits per heavy atom. The van der Waals surface area contributed by atoms with Crippen LogP contribution in [-0.4, -0.2) is 34.6 Å². The zero-order chi connectivity index (χ0) is 15.7. The van der Waals surface area contributed by atoms with Crippen molar-refractivity contribution in [1.82, 2.24) is 4.90 Å². The van der Waals surface area contributed by atoms with Crippen LogP contribution in [0.15, 0.2) is 18.2 Å². The summed E-state index contributed by atoms with van der Waals surface area (Å²) in [5, 5.41) is 9.98. The number of amides is 1. The Hall–Kier alpha value is -1.13. The van der Waals surface area contributed by atoms with Crippen LogP contribution in [-0.2, 0) is 11.2 Å². The minimum Gasteiger partial charge on any atom is -0.393 e. The molecule has 1 N–H and O–H groups in total. The van der Waals surface area contributed by atoms with E-state index in [1.807, 2.05) is 4.90 Å². The zero-order valence-electron chi connectivity index (χ0n) is 12.5. The van der Waals surface area contributed by atoms with E-state index in [2.05, 4.69) is 0 Å². The molecule has 1 aliphatic carbocycles. The third-order valence-electron chi connectivity index (χ3n) is 4.97. The predicted octanol–water partition coefficient (Wildman–Crippen LogP) is 3.17. The average Bonchev–Trinajstić information content (AvgIpc) is 2.85. The molecule has 2 fully saturated rings. The number of halogens is 2. The number of aliphatic hydroxyl groups is 1. The highest BCUT2D eigenvalue weighted by atomic mass is 35.5. The van der Waals surface area contributed by atoms with E-state index in [1.54, 1.807) is 12.1 Å². The van der Waals surface area contributed by atoms with Gasteiger partial charge in [0.15, 0.2) is 0 Å². The lowest BCUT2D eigenvalue weighted by Gasteiger charge is -2.33. The lowest BCUT2D eigenvalue weighted by molar-refractivity contribution is -0.133. The number of rotatable bonds is 3. The van der Waals surface area contributed by atoms with Gasteiger partial charge in [-0.1, -0.05) is 17.7 Å². The molecule has 2 aliphatic rings. The number of likely N-dealkylation sites (tertiary alicyclic amines) is 1. The molecule has 1 aromatic carbocycles. The molecule has 1 saturated heterocycles. The maximum absolute atomic E-state index is 13.9. The van der Waals surface area contributed by atoms with Crippen molar-refractivity contribution in [3.05, 3.63) is 34.6 Å². The summed E-state index contributed by atoms with van der Waals surface area (Å²) in [6.45, 7) is 0.732. The molecule has 0 spiro atoms. The average molecular weight is 326 g/mol. The molecular formula is C17H21ClFNO2. The van der Waals surface area contributed by atoms with E-state index in [0.717, 1.165) is 38.6 Å². The lowest BCUT2D eigenvalue weighted by atomic mass is 9.92. The molecule has 1 aliphatic heterocycles. The van der Waals surface area contributed by atoms with Crippen LogP contribution < -0.4 is 0 Å². The maximum atomic E-state index is 13.9. The number of carbonyl (C=O) groups is 1. The second-order valence-corrected chi connectivity index (χ2v) is 6.79. The molecule has 3 rings (SSSR count). The first-order valence-electron chi connectivity index (χ1n) is 7.97. The van der Waals surface area contributed by atoms with Crippen LogP contribution >= 0.6 is 11.6 Å². The molecule has 1 heterocycles. The van der Waals surface area contributed by atoms with Crippen molar-refractivity contribution in [2.45, 2.75) is 50.7 Å². The van der Waals surface area contributed by atoms with Gasteiger partial charge < -0.3 is 10.0 Å². The van der Waals surface area contributed by atoms with Crippen molar-refractivity contribution in [1.29, 1.82) is 0 Å². The highest BCUT2D eigenvalue weighted by Gasteiger charge is 2.37. The maximum Gasteiger partial charge on any atom is 0.226 e. The largest absolute Gasteiger partial charge is 0.393 e. The summed E-state index contributed by atoms with van der Waals surface area (Å²) in [5.41, 5.74) is 0.448. The fraction of sp³-hybridized carbons (Fsp3) is 0.588. The van der Waals surface area contributed by atoms with E-state index in [0.29, 0.717) is 17.0 Å². The molecule has 22 heavy (non-hydrogen) atoms. The molecule has 1 amide bonds. The summed E-state index contributed by atoms with van der Waals surface area (Å²) in [4.78, 5) is 14.5. The van der Waals surface area contributed by atoms with Gasteiger partial charge in [0.1, 0.15) is 5.82 Å². The number of carbonyl (C=O) groups excluding carboxylic acids is 1. The van der Waals surface area contributed by atoms with E-state index < -0.39 is 0 Å². The first-order chi connectivity index (χ1) is 10.6. The van der Waals surface area contributed by atoms with Gasteiger partial charge in [0.2, 0.25) is 5.91 Å². The topological polar surface area (TPSA) is 40.5 Å².